The van der Waals surface area contributed by atoms with Crippen LogP contribution in [0.1, 0.15) is 35.1 Å². The van der Waals surface area contributed by atoms with Crippen molar-refractivity contribution in [3.05, 3.63) is 29.7 Å². The quantitative estimate of drug-likeness (QED) is 0.837. The Morgan fingerprint density at radius 2 is 2.28 bits per heavy atom. The highest BCUT2D eigenvalue weighted by molar-refractivity contribution is 5.97. The van der Waals surface area contributed by atoms with E-state index in [-0.39, 0.29) is 11.9 Å². The Morgan fingerprint density at radius 1 is 1.56 bits per heavy atom. The van der Waals surface area contributed by atoms with E-state index in [1.54, 1.807) is 27.1 Å². The van der Waals surface area contributed by atoms with Gasteiger partial charge >= 0.3 is 0 Å². The number of nitrogen functional groups attached to an aromatic ring is 1. The Balaban J connectivity index is 2.13. The van der Waals surface area contributed by atoms with Gasteiger partial charge in [0, 0.05) is 7.05 Å². The first-order chi connectivity index (χ1) is 8.49. The van der Waals surface area contributed by atoms with Crippen LogP contribution in [0.5, 0.6) is 0 Å². The lowest BCUT2D eigenvalue weighted by molar-refractivity contribution is 0.0925. The van der Waals surface area contributed by atoms with Crippen molar-refractivity contribution in [3.8, 4) is 0 Å². The van der Waals surface area contributed by atoms with E-state index < -0.39 is 0 Å². The average Bonchev–Trinajstić information content (AvgIpc) is 2.85. The van der Waals surface area contributed by atoms with Gasteiger partial charge in [-0.15, -0.1) is 0 Å². The van der Waals surface area contributed by atoms with E-state index in [0.29, 0.717) is 23.0 Å². The van der Waals surface area contributed by atoms with Gasteiger partial charge in [0.15, 0.2) is 0 Å². The second-order valence-corrected chi connectivity index (χ2v) is 4.08. The number of anilines is 1. The molecule has 0 radical (unpaired) electrons. The number of rotatable bonds is 3. The predicted molar refractivity (Wildman–Crippen MR) is 64.7 cm³/mol. The second kappa shape index (κ2) is 4.52. The van der Waals surface area contributed by atoms with Gasteiger partial charge in [0.2, 0.25) is 5.89 Å². The zero-order chi connectivity index (χ0) is 13.3. The van der Waals surface area contributed by atoms with Gasteiger partial charge in [-0.25, -0.2) is 4.98 Å². The fourth-order valence-corrected chi connectivity index (χ4v) is 1.63. The lowest BCUT2D eigenvalue weighted by Crippen LogP contribution is -2.29. The monoisotopic (exact) mass is 249 g/mol. The van der Waals surface area contributed by atoms with Gasteiger partial charge in [-0.05, 0) is 13.8 Å². The highest BCUT2D eigenvalue weighted by Crippen LogP contribution is 2.15. The maximum absolute atomic E-state index is 12.0. The molecule has 2 aromatic heterocycles. The third kappa shape index (κ3) is 2.20. The number of carbonyl (C=O) groups is 1. The van der Waals surface area contributed by atoms with Crippen LogP contribution in [0.3, 0.4) is 0 Å². The Bertz CT molecular complexity index is 552. The summed E-state index contributed by atoms with van der Waals surface area (Å²) >= 11 is 0. The van der Waals surface area contributed by atoms with Crippen LogP contribution in [0.4, 0.5) is 5.69 Å². The van der Waals surface area contributed by atoms with Crippen LogP contribution >= 0.6 is 0 Å². The standard InChI is InChI=1S/C11H15N5O2/c1-6-4-13-11(18-6)7(2)15-10(17)9-8(12)5-14-16(9)3/h4-5,7H,12H2,1-3H3,(H,15,17). The Labute approximate surface area is 104 Å². The topological polar surface area (TPSA) is 99.0 Å². The number of oxazole rings is 1. The predicted octanol–water partition coefficient (Wildman–Crippen LogP) is 0.790. The highest BCUT2D eigenvalue weighted by Gasteiger charge is 2.19. The van der Waals surface area contributed by atoms with Gasteiger partial charge < -0.3 is 15.5 Å². The van der Waals surface area contributed by atoms with E-state index >= 15 is 0 Å². The normalized spacial score (nSPS) is 12.4. The van der Waals surface area contributed by atoms with Crippen molar-refractivity contribution in [1.82, 2.24) is 20.1 Å². The number of amides is 1. The van der Waals surface area contributed by atoms with E-state index in [1.807, 2.05) is 0 Å². The molecule has 2 rings (SSSR count). The maximum Gasteiger partial charge on any atom is 0.272 e. The second-order valence-electron chi connectivity index (χ2n) is 4.08. The molecule has 0 bridgehead atoms. The molecule has 0 aliphatic carbocycles. The van der Waals surface area contributed by atoms with E-state index in [0.717, 1.165) is 0 Å². The third-order valence-corrected chi connectivity index (χ3v) is 2.54. The molecule has 96 valence electrons. The van der Waals surface area contributed by atoms with E-state index in [9.17, 15) is 4.79 Å². The molecule has 3 N–H and O–H groups in total. The van der Waals surface area contributed by atoms with Crippen LogP contribution in [0.15, 0.2) is 16.8 Å². The smallest absolute Gasteiger partial charge is 0.272 e. The third-order valence-electron chi connectivity index (χ3n) is 2.54. The molecule has 1 amide bonds. The van der Waals surface area contributed by atoms with Gasteiger partial charge in [-0.1, -0.05) is 0 Å². The van der Waals surface area contributed by atoms with Gasteiger partial charge in [0.25, 0.3) is 5.91 Å². The molecule has 0 aromatic carbocycles. The Hall–Kier alpha value is -2.31. The summed E-state index contributed by atoms with van der Waals surface area (Å²) in [5.41, 5.74) is 6.34. The van der Waals surface area contributed by atoms with E-state index in [1.165, 1.54) is 10.9 Å². The van der Waals surface area contributed by atoms with Crippen molar-refractivity contribution in [2.24, 2.45) is 7.05 Å². The number of aromatic nitrogens is 3. The molecule has 0 saturated carbocycles. The van der Waals surface area contributed by atoms with Crippen LogP contribution in [0.25, 0.3) is 0 Å². The molecule has 1 atom stereocenters. The van der Waals surface area contributed by atoms with E-state index in [2.05, 4.69) is 15.4 Å². The molecular formula is C11H15N5O2. The molecular weight excluding hydrogens is 234 g/mol. The molecule has 0 aliphatic heterocycles. The van der Waals surface area contributed by atoms with Crippen molar-refractivity contribution in [2.75, 3.05) is 5.73 Å². The fraction of sp³-hybridized carbons (Fsp3) is 0.364. The lowest BCUT2D eigenvalue weighted by atomic mass is 10.3. The highest BCUT2D eigenvalue weighted by atomic mass is 16.4. The van der Waals surface area contributed by atoms with Crippen molar-refractivity contribution < 1.29 is 9.21 Å². The van der Waals surface area contributed by atoms with Crippen molar-refractivity contribution in [3.63, 3.8) is 0 Å². The minimum Gasteiger partial charge on any atom is -0.444 e. The van der Waals surface area contributed by atoms with Crippen LogP contribution < -0.4 is 11.1 Å². The van der Waals surface area contributed by atoms with Gasteiger partial charge in [0.1, 0.15) is 17.5 Å². The summed E-state index contributed by atoms with van der Waals surface area (Å²) in [6, 6.07) is -0.333. The molecule has 0 saturated heterocycles. The Morgan fingerprint density at radius 3 is 2.78 bits per heavy atom. The summed E-state index contributed by atoms with van der Waals surface area (Å²) < 4.78 is 6.77. The number of nitrogens with two attached hydrogens (primary N) is 1. The summed E-state index contributed by atoms with van der Waals surface area (Å²) in [4.78, 5) is 16.1. The molecule has 7 nitrogen and oxygen atoms in total. The summed E-state index contributed by atoms with van der Waals surface area (Å²) in [6.07, 6.45) is 3.05. The van der Waals surface area contributed by atoms with Gasteiger partial charge in [0.05, 0.1) is 18.1 Å². The van der Waals surface area contributed by atoms with E-state index in [4.69, 9.17) is 10.2 Å². The number of nitrogens with zero attached hydrogens (tertiary/aromatic N) is 3. The molecule has 2 aromatic rings. The zero-order valence-corrected chi connectivity index (χ0v) is 10.5. The van der Waals surface area contributed by atoms with Gasteiger partial charge in [-0.3, -0.25) is 9.48 Å². The van der Waals surface area contributed by atoms with Crippen molar-refractivity contribution in [2.45, 2.75) is 19.9 Å². The summed E-state index contributed by atoms with van der Waals surface area (Å²) in [5, 5.41) is 6.67. The molecule has 0 spiro atoms. The summed E-state index contributed by atoms with van der Waals surface area (Å²) in [6.45, 7) is 3.58. The molecule has 2 heterocycles. The molecule has 7 heteroatoms. The van der Waals surface area contributed by atoms with Crippen LogP contribution in [-0.4, -0.2) is 20.7 Å². The minimum absolute atomic E-state index is 0.309. The summed E-state index contributed by atoms with van der Waals surface area (Å²) in [7, 11) is 1.66. The van der Waals surface area contributed by atoms with Crippen LogP contribution in [0.2, 0.25) is 0 Å². The van der Waals surface area contributed by atoms with Gasteiger partial charge in [-0.2, -0.15) is 5.10 Å². The first-order valence-electron chi connectivity index (χ1n) is 5.49. The van der Waals surface area contributed by atoms with Crippen LogP contribution in [0, 0.1) is 6.92 Å². The summed E-state index contributed by atoms with van der Waals surface area (Å²) in [5.74, 6) is 0.851. The molecule has 0 fully saturated rings. The average molecular weight is 249 g/mol. The lowest BCUT2D eigenvalue weighted by Gasteiger charge is -2.10. The largest absolute Gasteiger partial charge is 0.444 e. The minimum atomic E-state index is -0.333. The number of carbonyl (C=O) groups excluding carboxylic acids is 1. The van der Waals surface area contributed by atoms with Crippen molar-refractivity contribution in [1.29, 1.82) is 0 Å². The zero-order valence-electron chi connectivity index (χ0n) is 10.5. The van der Waals surface area contributed by atoms with Crippen molar-refractivity contribution >= 4 is 11.6 Å². The molecule has 0 aliphatic rings. The first-order valence-corrected chi connectivity index (χ1v) is 5.49. The number of aryl methyl sites for hydroxylation is 2. The Kier molecular flexibility index (Phi) is 3.05. The van der Waals surface area contributed by atoms with Crippen LogP contribution in [-0.2, 0) is 7.05 Å². The number of hydrogen-bond donors (Lipinski definition) is 2. The molecule has 18 heavy (non-hydrogen) atoms. The SMILES string of the molecule is Cc1cnc(C(C)NC(=O)c2c(N)cnn2C)o1. The number of nitrogens with one attached hydrogen (secondary N) is 1. The molecule has 1 unspecified atom stereocenters. The maximum atomic E-state index is 12.0. The fourth-order valence-electron chi connectivity index (χ4n) is 1.63. The first kappa shape index (κ1) is 12.2. The number of hydrogen-bond acceptors (Lipinski definition) is 5.